The molecule has 4 atom stereocenters. The number of ether oxygens (including phenoxy) is 1. The molecule has 4 heteroatoms. The highest BCUT2D eigenvalue weighted by molar-refractivity contribution is 5.91. The van der Waals surface area contributed by atoms with Crippen molar-refractivity contribution in [3.63, 3.8) is 0 Å². The SMILES string of the molecule is CN1CC[C@@]23c4c5ccc(C=O)c4O[C@@H]2C(=O)CC[C@@H]3C1C5. The number of likely N-dealkylation sites (tertiary alicyclic amines) is 1. The van der Waals surface area contributed by atoms with Gasteiger partial charge in [-0.3, -0.25) is 9.59 Å². The molecule has 0 aromatic heterocycles. The summed E-state index contributed by atoms with van der Waals surface area (Å²) in [5, 5.41) is 0. The van der Waals surface area contributed by atoms with Crippen LogP contribution in [0.15, 0.2) is 12.1 Å². The molecule has 5 rings (SSSR count). The quantitative estimate of drug-likeness (QED) is 0.741. The number of ketones is 1. The first-order valence-corrected chi connectivity index (χ1v) is 8.18. The summed E-state index contributed by atoms with van der Waals surface area (Å²) >= 11 is 0. The summed E-state index contributed by atoms with van der Waals surface area (Å²) < 4.78 is 6.15. The second kappa shape index (κ2) is 3.99. The van der Waals surface area contributed by atoms with Crippen molar-refractivity contribution < 1.29 is 14.3 Å². The second-order valence-corrected chi connectivity index (χ2v) is 7.29. The van der Waals surface area contributed by atoms with Gasteiger partial charge >= 0.3 is 0 Å². The zero-order valence-corrected chi connectivity index (χ0v) is 12.7. The van der Waals surface area contributed by atoms with E-state index in [1.54, 1.807) is 0 Å². The van der Waals surface area contributed by atoms with Crippen LogP contribution >= 0.6 is 0 Å². The first kappa shape index (κ1) is 12.8. The monoisotopic (exact) mass is 297 g/mol. The van der Waals surface area contributed by atoms with Crippen LogP contribution in [0, 0.1) is 5.92 Å². The minimum absolute atomic E-state index is 0.172. The van der Waals surface area contributed by atoms with Crippen LogP contribution in [0.3, 0.4) is 0 Å². The van der Waals surface area contributed by atoms with E-state index < -0.39 is 0 Å². The molecule has 22 heavy (non-hydrogen) atoms. The number of benzene rings is 1. The van der Waals surface area contributed by atoms with Crippen LogP contribution in [0.1, 0.15) is 40.7 Å². The van der Waals surface area contributed by atoms with Crippen LogP contribution in [0.2, 0.25) is 0 Å². The van der Waals surface area contributed by atoms with Gasteiger partial charge in [0.1, 0.15) is 5.75 Å². The first-order chi connectivity index (χ1) is 10.7. The zero-order valence-electron chi connectivity index (χ0n) is 12.7. The van der Waals surface area contributed by atoms with Gasteiger partial charge in [0.15, 0.2) is 18.2 Å². The molecule has 1 saturated carbocycles. The van der Waals surface area contributed by atoms with Crippen molar-refractivity contribution >= 4 is 12.1 Å². The van der Waals surface area contributed by atoms with E-state index in [0.29, 0.717) is 29.7 Å². The maximum Gasteiger partial charge on any atom is 0.174 e. The molecule has 4 aliphatic rings. The lowest BCUT2D eigenvalue weighted by molar-refractivity contribution is -0.138. The number of likely N-dealkylation sites (N-methyl/N-ethyl adjacent to an activating group) is 1. The maximum atomic E-state index is 12.6. The van der Waals surface area contributed by atoms with E-state index in [0.717, 1.165) is 32.1 Å². The Morgan fingerprint density at radius 3 is 3.09 bits per heavy atom. The molecule has 0 radical (unpaired) electrons. The molecule has 2 fully saturated rings. The van der Waals surface area contributed by atoms with Crippen LogP contribution in [-0.2, 0) is 16.6 Å². The van der Waals surface area contributed by atoms with Crippen LogP contribution in [0.4, 0.5) is 0 Å². The van der Waals surface area contributed by atoms with Gasteiger partial charge in [-0.05, 0) is 50.4 Å². The van der Waals surface area contributed by atoms with Crippen molar-refractivity contribution in [1.29, 1.82) is 0 Å². The molecule has 1 spiro atoms. The van der Waals surface area contributed by atoms with E-state index in [1.165, 1.54) is 11.1 Å². The van der Waals surface area contributed by atoms with Gasteiger partial charge in [-0.15, -0.1) is 0 Å². The Kier molecular flexibility index (Phi) is 2.32. The van der Waals surface area contributed by atoms with E-state index in [2.05, 4.69) is 18.0 Å². The minimum atomic E-state index is -0.363. The van der Waals surface area contributed by atoms with Gasteiger partial charge in [-0.25, -0.2) is 0 Å². The Bertz CT molecular complexity index is 713. The topological polar surface area (TPSA) is 46.6 Å². The summed E-state index contributed by atoms with van der Waals surface area (Å²) in [6.07, 6.45) is 4.04. The molecule has 0 amide bonds. The largest absolute Gasteiger partial charge is 0.481 e. The number of hydrogen-bond donors (Lipinski definition) is 0. The fourth-order valence-corrected chi connectivity index (χ4v) is 5.65. The van der Waals surface area contributed by atoms with Gasteiger partial charge in [0.25, 0.3) is 0 Å². The van der Waals surface area contributed by atoms with Crippen LogP contribution in [0.25, 0.3) is 0 Å². The third kappa shape index (κ3) is 1.25. The van der Waals surface area contributed by atoms with Crippen molar-refractivity contribution in [3.8, 4) is 5.75 Å². The summed E-state index contributed by atoms with van der Waals surface area (Å²) in [6.45, 7) is 0.999. The molecule has 114 valence electrons. The lowest BCUT2D eigenvalue weighted by atomic mass is 9.51. The Balaban J connectivity index is 1.83. The van der Waals surface area contributed by atoms with Gasteiger partial charge in [0, 0.05) is 23.4 Å². The van der Waals surface area contributed by atoms with Gasteiger partial charge in [-0.2, -0.15) is 0 Å². The van der Waals surface area contributed by atoms with E-state index in [4.69, 9.17) is 4.74 Å². The number of carbonyl (C=O) groups is 2. The Morgan fingerprint density at radius 2 is 2.27 bits per heavy atom. The van der Waals surface area contributed by atoms with Gasteiger partial charge in [0.05, 0.1) is 5.56 Å². The van der Waals surface area contributed by atoms with Crippen molar-refractivity contribution in [3.05, 3.63) is 28.8 Å². The minimum Gasteiger partial charge on any atom is -0.481 e. The molecule has 2 heterocycles. The van der Waals surface area contributed by atoms with E-state index >= 15 is 0 Å². The standard InChI is InChI=1S/C18H19NO3/c1-19-7-6-18-12-4-5-14(21)17(18)22-16-11(9-20)3-2-10(15(16)18)8-13(12)19/h2-3,9,12-13,17H,4-8H2,1H3/t12-,13?,17-,18-/m1/s1. The van der Waals surface area contributed by atoms with E-state index in [-0.39, 0.29) is 17.3 Å². The van der Waals surface area contributed by atoms with Crippen molar-refractivity contribution in [2.75, 3.05) is 13.6 Å². The molecular weight excluding hydrogens is 278 g/mol. The average Bonchev–Trinajstić information content (AvgIpc) is 2.88. The van der Waals surface area contributed by atoms with E-state index in [1.807, 2.05) is 6.07 Å². The molecule has 1 saturated heterocycles. The van der Waals surface area contributed by atoms with Crippen molar-refractivity contribution in [2.24, 2.45) is 5.92 Å². The van der Waals surface area contributed by atoms with Crippen molar-refractivity contribution in [2.45, 2.75) is 43.2 Å². The lowest BCUT2D eigenvalue weighted by Gasteiger charge is -2.57. The predicted molar refractivity (Wildman–Crippen MR) is 80.4 cm³/mol. The number of rotatable bonds is 1. The summed E-state index contributed by atoms with van der Waals surface area (Å²) in [4.78, 5) is 26.4. The van der Waals surface area contributed by atoms with Crippen LogP contribution in [0.5, 0.6) is 5.75 Å². The number of aldehydes is 1. The van der Waals surface area contributed by atoms with Crippen LogP contribution < -0.4 is 4.74 Å². The molecule has 1 aromatic carbocycles. The molecule has 0 N–H and O–H groups in total. The fraction of sp³-hybridized carbons (Fsp3) is 0.556. The summed E-state index contributed by atoms with van der Waals surface area (Å²) in [6, 6.07) is 4.43. The summed E-state index contributed by atoms with van der Waals surface area (Å²) in [5.74, 6) is 1.41. The molecule has 4 nitrogen and oxygen atoms in total. The first-order valence-electron chi connectivity index (χ1n) is 8.18. The summed E-state index contributed by atoms with van der Waals surface area (Å²) in [7, 11) is 2.20. The second-order valence-electron chi connectivity index (χ2n) is 7.29. The predicted octanol–water partition coefficient (Wildman–Crippen LogP) is 1.74. The summed E-state index contributed by atoms with van der Waals surface area (Å²) in [5.41, 5.74) is 2.91. The third-order valence-electron chi connectivity index (χ3n) is 6.56. The number of piperidine rings is 1. The van der Waals surface area contributed by atoms with Gasteiger partial charge in [0.2, 0.25) is 0 Å². The zero-order chi connectivity index (χ0) is 15.1. The normalized spacial score (nSPS) is 38.4. The Morgan fingerprint density at radius 1 is 1.41 bits per heavy atom. The number of nitrogens with zero attached hydrogens (tertiary/aromatic N) is 1. The third-order valence-corrected chi connectivity index (χ3v) is 6.56. The highest BCUT2D eigenvalue weighted by atomic mass is 16.5. The smallest absolute Gasteiger partial charge is 0.174 e. The Labute approximate surface area is 129 Å². The van der Waals surface area contributed by atoms with Crippen LogP contribution in [-0.4, -0.2) is 42.7 Å². The molecular formula is C18H19NO3. The number of hydrogen-bond acceptors (Lipinski definition) is 4. The molecule has 1 aromatic rings. The van der Waals surface area contributed by atoms with E-state index in [9.17, 15) is 9.59 Å². The molecule has 2 aliphatic heterocycles. The average molecular weight is 297 g/mol. The molecule has 1 unspecified atom stereocenters. The fourth-order valence-electron chi connectivity index (χ4n) is 5.65. The highest BCUT2D eigenvalue weighted by Gasteiger charge is 2.65. The van der Waals surface area contributed by atoms with Crippen molar-refractivity contribution in [1.82, 2.24) is 4.90 Å². The lowest BCUT2D eigenvalue weighted by Crippen LogP contribution is -2.65. The number of Topliss-reactive ketones (excluding diaryl/α,β-unsaturated/α-hetero) is 1. The molecule has 2 aliphatic carbocycles. The molecule has 2 bridgehead atoms. The number of carbonyl (C=O) groups excluding carboxylic acids is 2. The van der Waals surface area contributed by atoms with Gasteiger partial charge < -0.3 is 9.64 Å². The highest BCUT2D eigenvalue weighted by Crippen LogP contribution is 2.61. The van der Waals surface area contributed by atoms with Gasteiger partial charge in [-0.1, -0.05) is 6.07 Å². The maximum absolute atomic E-state index is 12.6. The Hall–Kier alpha value is -1.68.